The Morgan fingerprint density at radius 2 is 1.81 bits per heavy atom. The van der Waals surface area contributed by atoms with Gasteiger partial charge in [0.05, 0.1) is 30.2 Å². The molecule has 0 radical (unpaired) electrons. The SMILES string of the molecule is CC(=O)N(c1ncc(OCC2CN(C)C2)cc1C)c1c(C)cnc2cc(C)c(-c3cnn(C)c3)cc12. The van der Waals surface area contributed by atoms with Crippen LogP contribution >= 0.6 is 0 Å². The summed E-state index contributed by atoms with van der Waals surface area (Å²) in [4.78, 5) is 26.4. The second kappa shape index (κ2) is 9.35. The van der Waals surface area contributed by atoms with Crippen LogP contribution in [0.4, 0.5) is 11.5 Å². The molecule has 1 aliphatic heterocycles. The smallest absolute Gasteiger partial charge is 0.229 e. The first kappa shape index (κ1) is 23.9. The van der Waals surface area contributed by atoms with E-state index >= 15 is 0 Å². The molecule has 0 aliphatic carbocycles. The fraction of sp³-hybridized carbons (Fsp3) is 0.357. The molecule has 1 amide bonds. The molecule has 0 unspecified atom stereocenters. The molecule has 1 saturated heterocycles. The molecule has 4 heterocycles. The Kier molecular flexibility index (Phi) is 6.22. The Hall–Kier alpha value is -3.78. The summed E-state index contributed by atoms with van der Waals surface area (Å²) in [6.07, 6.45) is 7.38. The van der Waals surface area contributed by atoms with Crippen LogP contribution in [0.15, 0.2) is 43.0 Å². The highest BCUT2D eigenvalue weighted by Gasteiger charge is 2.25. The molecule has 1 aromatic carbocycles. The third-order valence-corrected chi connectivity index (χ3v) is 6.79. The number of benzene rings is 1. The van der Waals surface area contributed by atoms with E-state index in [1.54, 1.807) is 22.7 Å². The summed E-state index contributed by atoms with van der Waals surface area (Å²) in [5.74, 6) is 1.75. The minimum absolute atomic E-state index is 0.115. The molecule has 186 valence electrons. The molecule has 8 heteroatoms. The Morgan fingerprint density at radius 3 is 2.44 bits per heavy atom. The number of anilines is 2. The van der Waals surface area contributed by atoms with E-state index in [4.69, 9.17) is 9.72 Å². The van der Waals surface area contributed by atoms with Crippen LogP contribution in [-0.4, -0.2) is 57.3 Å². The maximum Gasteiger partial charge on any atom is 0.229 e. The van der Waals surface area contributed by atoms with Crippen molar-refractivity contribution >= 4 is 28.3 Å². The predicted octanol–water partition coefficient (Wildman–Crippen LogP) is 4.58. The lowest BCUT2D eigenvalue weighted by atomic mass is 9.98. The lowest BCUT2D eigenvalue weighted by Crippen LogP contribution is -2.46. The first-order chi connectivity index (χ1) is 17.2. The van der Waals surface area contributed by atoms with Crippen LogP contribution in [0.5, 0.6) is 5.75 Å². The fourth-order valence-electron chi connectivity index (χ4n) is 5.01. The summed E-state index contributed by atoms with van der Waals surface area (Å²) in [5, 5.41) is 5.23. The van der Waals surface area contributed by atoms with E-state index in [0.717, 1.165) is 63.2 Å². The molecule has 0 N–H and O–H groups in total. The number of fused-ring (bicyclic) bond motifs is 1. The third kappa shape index (κ3) is 4.44. The van der Waals surface area contributed by atoms with Crippen molar-refractivity contribution in [3.63, 3.8) is 0 Å². The van der Waals surface area contributed by atoms with Crippen molar-refractivity contribution in [2.75, 3.05) is 31.6 Å². The van der Waals surface area contributed by atoms with E-state index in [1.807, 2.05) is 45.6 Å². The van der Waals surface area contributed by atoms with E-state index in [0.29, 0.717) is 18.3 Å². The summed E-state index contributed by atoms with van der Waals surface area (Å²) in [6.45, 7) is 10.4. The van der Waals surface area contributed by atoms with Gasteiger partial charge in [0.2, 0.25) is 5.91 Å². The van der Waals surface area contributed by atoms with Crippen molar-refractivity contribution in [2.45, 2.75) is 27.7 Å². The van der Waals surface area contributed by atoms with Crippen molar-refractivity contribution in [3.8, 4) is 16.9 Å². The van der Waals surface area contributed by atoms with Gasteiger partial charge in [-0.25, -0.2) is 4.98 Å². The van der Waals surface area contributed by atoms with Crippen molar-refractivity contribution < 1.29 is 9.53 Å². The summed E-state index contributed by atoms with van der Waals surface area (Å²) in [7, 11) is 4.01. The van der Waals surface area contributed by atoms with Gasteiger partial charge in [-0.3, -0.25) is 19.4 Å². The molecule has 1 aliphatic rings. The zero-order valence-corrected chi connectivity index (χ0v) is 21.7. The number of aryl methyl sites for hydroxylation is 4. The molecule has 36 heavy (non-hydrogen) atoms. The highest BCUT2D eigenvalue weighted by Crippen LogP contribution is 2.38. The lowest BCUT2D eigenvalue weighted by Gasteiger charge is -2.35. The molecule has 0 bridgehead atoms. The lowest BCUT2D eigenvalue weighted by molar-refractivity contribution is -0.115. The van der Waals surface area contributed by atoms with Gasteiger partial charge in [-0.15, -0.1) is 0 Å². The second-order valence-electron chi connectivity index (χ2n) is 9.94. The normalized spacial score (nSPS) is 14.2. The topological polar surface area (TPSA) is 76.4 Å². The van der Waals surface area contributed by atoms with Crippen LogP contribution in [0.3, 0.4) is 0 Å². The average Bonchev–Trinajstić information content (AvgIpc) is 3.24. The molecule has 0 atom stereocenters. The van der Waals surface area contributed by atoms with Crippen LogP contribution in [-0.2, 0) is 11.8 Å². The number of carbonyl (C=O) groups is 1. The summed E-state index contributed by atoms with van der Waals surface area (Å²) in [5.41, 5.74) is 6.57. The van der Waals surface area contributed by atoms with E-state index in [-0.39, 0.29) is 5.91 Å². The van der Waals surface area contributed by atoms with Gasteiger partial charge in [0.1, 0.15) is 11.6 Å². The Bertz CT molecular complexity index is 1450. The predicted molar refractivity (Wildman–Crippen MR) is 142 cm³/mol. The van der Waals surface area contributed by atoms with Crippen LogP contribution in [0.1, 0.15) is 23.6 Å². The average molecular weight is 485 g/mol. The molecule has 1 fully saturated rings. The van der Waals surface area contributed by atoms with Crippen molar-refractivity contribution in [2.24, 2.45) is 13.0 Å². The third-order valence-electron chi connectivity index (χ3n) is 6.79. The quantitative estimate of drug-likeness (QED) is 0.399. The molecular formula is C28H32N6O2. The van der Waals surface area contributed by atoms with E-state index in [1.165, 1.54) is 0 Å². The number of pyridine rings is 2. The van der Waals surface area contributed by atoms with Crippen LogP contribution in [0.25, 0.3) is 22.0 Å². The number of rotatable bonds is 6. The van der Waals surface area contributed by atoms with Crippen LogP contribution < -0.4 is 9.64 Å². The van der Waals surface area contributed by atoms with Gasteiger partial charge in [0.25, 0.3) is 0 Å². The minimum atomic E-state index is -0.115. The van der Waals surface area contributed by atoms with Gasteiger partial charge >= 0.3 is 0 Å². The summed E-state index contributed by atoms with van der Waals surface area (Å²) < 4.78 is 7.79. The Labute approximate surface area is 211 Å². The number of hydrogen-bond donors (Lipinski definition) is 0. The largest absolute Gasteiger partial charge is 0.492 e. The molecular weight excluding hydrogens is 452 g/mol. The van der Waals surface area contributed by atoms with E-state index in [2.05, 4.69) is 41.1 Å². The number of carbonyl (C=O) groups excluding carboxylic acids is 1. The number of aromatic nitrogens is 4. The molecule has 0 saturated carbocycles. The van der Waals surface area contributed by atoms with Gasteiger partial charge in [-0.05, 0) is 68.3 Å². The second-order valence-corrected chi connectivity index (χ2v) is 9.94. The number of likely N-dealkylation sites (tertiary alicyclic amines) is 1. The van der Waals surface area contributed by atoms with Crippen LogP contribution in [0, 0.1) is 26.7 Å². The van der Waals surface area contributed by atoms with Crippen molar-refractivity contribution in [3.05, 3.63) is 59.7 Å². The first-order valence-corrected chi connectivity index (χ1v) is 12.2. The molecule has 4 aromatic rings. The van der Waals surface area contributed by atoms with Gasteiger partial charge in [-0.2, -0.15) is 5.10 Å². The molecule has 8 nitrogen and oxygen atoms in total. The highest BCUT2D eigenvalue weighted by atomic mass is 16.5. The Morgan fingerprint density at radius 1 is 1.03 bits per heavy atom. The zero-order valence-electron chi connectivity index (χ0n) is 21.7. The van der Waals surface area contributed by atoms with Gasteiger partial charge < -0.3 is 9.64 Å². The van der Waals surface area contributed by atoms with Crippen molar-refractivity contribution in [1.29, 1.82) is 0 Å². The summed E-state index contributed by atoms with van der Waals surface area (Å²) in [6, 6.07) is 6.13. The number of hydrogen-bond acceptors (Lipinski definition) is 6. The molecule has 3 aromatic heterocycles. The number of amides is 1. The van der Waals surface area contributed by atoms with Gasteiger partial charge in [0.15, 0.2) is 0 Å². The highest BCUT2D eigenvalue weighted by molar-refractivity contribution is 6.08. The minimum Gasteiger partial charge on any atom is -0.492 e. The Balaban J connectivity index is 1.57. The van der Waals surface area contributed by atoms with Gasteiger partial charge in [0, 0.05) is 56.3 Å². The fourth-order valence-corrected chi connectivity index (χ4v) is 5.01. The standard InChI is InChI=1S/C28H32N6O2/c1-17-8-26-25(9-24(17)22-11-31-33(6)15-22)27(19(3)10-29-26)34(20(4)35)28-18(2)7-23(12-30-28)36-16-21-13-32(5)14-21/h7-12,15,21H,13-14,16H2,1-6H3. The number of nitrogens with zero attached hydrogens (tertiary/aromatic N) is 6. The van der Waals surface area contributed by atoms with Gasteiger partial charge in [-0.1, -0.05) is 0 Å². The number of ether oxygens (including phenoxy) is 1. The molecule has 0 spiro atoms. The van der Waals surface area contributed by atoms with E-state index < -0.39 is 0 Å². The summed E-state index contributed by atoms with van der Waals surface area (Å²) >= 11 is 0. The monoisotopic (exact) mass is 484 g/mol. The molecule has 5 rings (SSSR count). The van der Waals surface area contributed by atoms with Crippen LogP contribution in [0.2, 0.25) is 0 Å². The first-order valence-electron chi connectivity index (χ1n) is 12.2. The zero-order chi connectivity index (χ0) is 25.6. The maximum absolute atomic E-state index is 13.1. The maximum atomic E-state index is 13.1. The van der Waals surface area contributed by atoms with Crippen molar-refractivity contribution in [1.82, 2.24) is 24.6 Å². The van der Waals surface area contributed by atoms with E-state index in [9.17, 15) is 4.79 Å².